The summed E-state index contributed by atoms with van der Waals surface area (Å²) in [4.78, 5) is 19.6. The molecule has 0 radical (unpaired) electrons. The second-order valence-electron chi connectivity index (χ2n) is 6.20. The number of ether oxygens (including phenoxy) is 1. The number of hydrogen-bond acceptors (Lipinski definition) is 5. The summed E-state index contributed by atoms with van der Waals surface area (Å²) in [5.41, 5.74) is 3.32. The Kier molecular flexibility index (Phi) is 4.65. The third-order valence-electron chi connectivity index (χ3n) is 4.55. The van der Waals surface area contributed by atoms with Crippen molar-refractivity contribution in [2.45, 2.75) is 0 Å². The third kappa shape index (κ3) is 3.20. The molecular weight excluding hydrogens is 396 g/mol. The van der Waals surface area contributed by atoms with Gasteiger partial charge in [-0.3, -0.25) is 4.79 Å². The summed E-state index contributed by atoms with van der Waals surface area (Å²) in [5.74, 6) is 0.322. The van der Waals surface area contributed by atoms with Crippen LogP contribution in [0.4, 0.5) is 17.2 Å². The van der Waals surface area contributed by atoms with Crippen molar-refractivity contribution in [2.24, 2.45) is 7.05 Å². The highest BCUT2D eigenvalue weighted by molar-refractivity contribution is 9.10. The fraction of sp³-hybridized carbons (Fsp3) is 0.263. The van der Waals surface area contributed by atoms with E-state index >= 15 is 0 Å². The molecule has 0 unspecified atom stereocenters. The summed E-state index contributed by atoms with van der Waals surface area (Å²) in [6.07, 6.45) is 0. The first kappa shape index (κ1) is 17.1. The second kappa shape index (κ2) is 7.09. The molecule has 1 saturated heterocycles. The zero-order chi connectivity index (χ0) is 18.1. The molecule has 0 atom stereocenters. The van der Waals surface area contributed by atoms with Crippen LogP contribution in [0.1, 0.15) is 0 Å². The van der Waals surface area contributed by atoms with E-state index in [1.807, 2.05) is 36.4 Å². The van der Waals surface area contributed by atoms with Crippen molar-refractivity contribution in [3.05, 3.63) is 57.3 Å². The van der Waals surface area contributed by atoms with Crippen molar-refractivity contribution in [1.29, 1.82) is 0 Å². The lowest BCUT2D eigenvalue weighted by Crippen LogP contribution is -2.36. The van der Waals surface area contributed by atoms with Crippen LogP contribution in [0.3, 0.4) is 0 Å². The molecule has 0 bridgehead atoms. The lowest BCUT2D eigenvalue weighted by molar-refractivity contribution is 0.123. The van der Waals surface area contributed by atoms with Crippen LogP contribution in [0.15, 0.2) is 51.7 Å². The van der Waals surface area contributed by atoms with Crippen molar-refractivity contribution in [2.75, 3.05) is 36.5 Å². The highest BCUT2D eigenvalue weighted by Gasteiger charge is 2.16. The maximum absolute atomic E-state index is 12.8. The van der Waals surface area contributed by atoms with E-state index < -0.39 is 0 Å². The van der Waals surface area contributed by atoms with Crippen LogP contribution in [0, 0.1) is 0 Å². The van der Waals surface area contributed by atoms with E-state index in [4.69, 9.17) is 4.74 Å². The summed E-state index contributed by atoms with van der Waals surface area (Å²) in [5, 5.41) is 3.25. The monoisotopic (exact) mass is 414 g/mol. The van der Waals surface area contributed by atoms with Gasteiger partial charge in [-0.05, 0) is 30.3 Å². The average Bonchev–Trinajstić information content (AvgIpc) is 2.68. The SMILES string of the molecule is Cn1c(=O)c(Nc2ccccc2N2CCOCC2)nc2ccc(Br)cc21. The van der Waals surface area contributed by atoms with E-state index in [-0.39, 0.29) is 5.56 Å². The number of nitrogens with zero attached hydrogens (tertiary/aromatic N) is 3. The number of para-hydroxylation sites is 2. The van der Waals surface area contributed by atoms with Gasteiger partial charge in [-0.15, -0.1) is 0 Å². The highest BCUT2D eigenvalue weighted by Crippen LogP contribution is 2.28. The predicted octanol–water partition coefficient (Wildman–Crippen LogP) is 3.28. The molecular formula is C19H19BrN4O2. The first-order valence-electron chi connectivity index (χ1n) is 8.48. The molecule has 26 heavy (non-hydrogen) atoms. The molecule has 134 valence electrons. The Bertz CT molecular complexity index is 1010. The van der Waals surface area contributed by atoms with Gasteiger partial charge >= 0.3 is 0 Å². The van der Waals surface area contributed by atoms with E-state index in [2.05, 4.69) is 37.2 Å². The van der Waals surface area contributed by atoms with Crippen molar-refractivity contribution in [1.82, 2.24) is 9.55 Å². The summed E-state index contributed by atoms with van der Waals surface area (Å²) < 4.78 is 7.98. The van der Waals surface area contributed by atoms with Crippen LogP contribution in [0.5, 0.6) is 0 Å². The number of rotatable bonds is 3. The van der Waals surface area contributed by atoms with E-state index in [0.29, 0.717) is 19.0 Å². The highest BCUT2D eigenvalue weighted by atomic mass is 79.9. The molecule has 0 amide bonds. The lowest BCUT2D eigenvalue weighted by Gasteiger charge is -2.30. The Morgan fingerprint density at radius 1 is 1.15 bits per heavy atom. The number of nitrogens with one attached hydrogen (secondary N) is 1. The van der Waals surface area contributed by atoms with Gasteiger partial charge in [0.15, 0.2) is 5.82 Å². The van der Waals surface area contributed by atoms with Crippen LogP contribution in [-0.4, -0.2) is 35.9 Å². The summed E-state index contributed by atoms with van der Waals surface area (Å²) in [6, 6.07) is 13.7. The zero-order valence-corrected chi connectivity index (χ0v) is 16.0. The molecule has 2 heterocycles. The molecule has 1 fully saturated rings. The average molecular weight is 415 g/mol. The molecule has 7 heteroatoms. The van der Waals surface area contributed by atoms with Gasteiger partial charge in [0.05, 0.1) is 35.6 Å². The van der Waals surface area contributed by atoms with Gasteiger partial charge in [0, 0.05) is 24.6 Å². The van der Waals surface area contributed by atoms with E-state index in [1.54, 1.807) is 11.6 Å². The van der Waals surface area contributed by atoms with E-state index in [1.165, 1.54) is 0 Å². The molecule has 1 aliphatic rings. The fourth-order valence-corrected chi connectivity index (χ4v) is 3.51. The largest absolute Gasteiger partial charge is 0.378 e. The van der Waals surface area contributed by atoms with Crippen molar-refractivity contribution in [3.63, 3.8) is 0 Å². The van der Waals surface area contributed by atoms with Crippen LogP contribution >= 0.6 is 15.9 Å². The number of aromatic nitrogens is 2. The summed E-state index contributed by atoms with van der Waals surface area (Å²) in [7, 11) is 1.76. The Hall–Kier alpha value is -2.38. The smallest absolute Gasteiger partial charge is 0.293 e. The molecule has 0 saturated carbocycles. The van der Waals surface area contributed by atoms with Gasteiger partial charge < -0.3 is 19.5 Å². The van der Waals surface area contributed by atoms with Crippen LogP contribution < -0.4 is 15.8 Å². The number of aryl methyl sites for hydroxylation is 1. The normalized spacial score (nSPS) is 14.6. The molecule has 3 aromatic rings. The molecule has 1 N–H and O–H groups in total. The van der Waals surface area contributed by atoms with E-state index in [0.717, 1.165) is 40.0 Å². The van der Waals surface area contributed by atoms with Crippen molar-refractivity contribution < 1.29 is 4.74 Å². The Balaban J connectivity index is 1.75. The number of fused-ring (bicyclic) bond motifs is 1. The van der Waals surface area contributed by atoms with Crippen LogP contribution in [0.2, 0.25) is 0 Å². The molecule has 2 aromatic carbocycles. The minimum atomic E-state index is -0.160. The maximum Gasteiger partial charge on any atom is 0.293 e. The number of hydrogen-bond donors (Lipinski definition) is 1. The van der Waals surface area contributed by atoms with Gasteiger partial charge in [-0.25, -0.2) is 4.98 Å². The second-order valence-corrected chi connectivity index (χ2v) is 7.11. The Morgan fingerprint density at radius 3 is 2.73 bits per heavy atom. The van der Waals surface area contributed by atoms with Gasteiger partial charge in [-0.2, -0.15) is 0 Å². The number of benzene rings is 2. The van der Waals surface area contributed by atoms with Crippen LogP contribution in [0.25, 0.3) is 11.0 Å². The fourth-order valence-electron chi connectivity index (χ4n) is 3.16. The summed E-state index contributed by atoms with van der Waals surface area (Å²) >= 11 is 3.44. The quantitative estimate of drug-likeness (QED) is 0.712. The molecule has 6 nitrogen and oxygen atoms in total. The van der Waals surface area contributed by atoms with Gasteiger partial charge in [-0.1, -0.05) is 28.1 Å². The number of morpholine rings is 1. The van der Waals surface area contributed by atoms with Crippen molar-refractivity contribution >= 4 is 44.2 Å². The molecule has 0 aliphatic carbocycles. The minimum absolute atomic E-state index is 0.160. The maximum atomic E-state index is 12.8. The topological polar surface area (TPSA) is 59.4 Å². The van der Waals surface area contributed by atoms with Crippen molar-refractivity contribution in [3.8, 4) is 0 Å². The molecule has 0 spiro atoms. The zero-order valence-electron chi connectivity index (χ0n) is 14.4. The minimum Gasteiger partial charge on any atom is -0.378 e. The molecule has 4 rings (SSSR count). The van der Waals surface area contributed by atoms with Crippen LogP contribution in [-0.2, 0) is 11.8 Å². The Morgan fingerprint density at radius 2 is 1.92 bits per heavy atom. The van der Waals surface area contributed by atoms with Gasteiger partial charge in [0.1, 0.15) is 0 Å². The predicted molar refractivity (Wildman–Crippen MR) is 107 cm³/mol. The van der Waals surface area contributed by atoms with Gasteiger partial charge in [0.25, 0.3) is 5.56 Å². The number of halogens is 1. The first-order chi connectivity index (χ1) is 12.6. The van der Waals surface area contributed by atoms with Gasteiger partial charge in [0.2, 0.25) is 0 Å². The third-order valence-corrected chi connectivity index (χ3v) is 5.04. The standard InChI is InChI=1S/C19H19BrN4O2/c1-23-17-12-13(20)6-7-15(17)22-18(19(23)25)21-14-4-2-3-5-16(14)24-8-10-26-11-9-24/h2-7,12H,8-11H2,1H3,(H,21,22). The van der Waals surface area contributed by atoms with E-state index in [9.17, 15) is 4.79 Å². The lowest BCUT2D eigenvalue weighted by atomic mass is 10.2. The molecule has 1 aliphatic heterocycles. The summed E-state index contributed by atoms with van der Waals surface area (Å²) in [6.45, 7) is 3.07. The number of anilines is 3. The molecule has 1 aromatic heterocycles. The first-order valence-corrected chi connectivity index (χ1v) is 9.28. The Labute approximate surface area is 159 Å².